The van der Waals surface area contributed by atoms with E-state index in [0.29, 0.717) is 43.1 Å². The van der Waals surface area contributed by atoms with Crippen molar-refractivity contribution in [1.29, 1.82) is 0 Å². The summed E-state index contributed by atoms with van der Waals surface area (Å²) in [6, 6.07) is 5.65. The second-order valence-electron chi connectivity index (χ2n) is 10.9. The van der Waals surface area contributed by atoms with Crippen LogP contribution in [0.1, 0.15) is 62.4 Å². The molecule has 1 aliphatic heterocycles. The Morgan fingerprint density at radius 3 is 2.53 bits per heavy atom. The van der Waals surface area contributed by atoms with Gasteiger partial charge in [-0.1, -0.05) is 6.07 Å². The molecule has 5 aliphatic rings. The van der Waals surface area contributed by atoms with Crippen LogP contribution in [0, 0.1) is 17.8 Å². The van der Waals surface area contributed by atoms with Crippen LogP contribution < -0.4 is 16.0 Å². The van der Waals surface area contributed by atoms with Gasteiger partial charge < -0.3 is 26.0 Å². The van der Waals surface area contributed by atoms with E-state index in [4.69, 9.17) is 5.73 Å². The number of carbonyl (C=O) groups excluding carboxylic acids is 3. The van der Waals surface area contributed by atoms with Crippen LogP contribution in [0.2, 0.25) is 0 Å². The zero-order chi connectivity index (χ0) is 24.0. The predicted octanol–water partition coefficient (Wildman–Crippen LogP) is 1.05. The van der Waals surface area contributed by atoms with Gasteiger partial charge in [-0.05, 0) is 68.9 Å². The van der Waals surface area contributed by atoms with Gasteiger partial charge in [0.25, 0.3) is 5.91 Å². The molecule has 2 heterocycles. The molecule has 9 nitrogen and oxygen atoms in total. The SMILES string of the molecule is CC1CN(C(=O)CCC(N)=O)CCN1c1cccc(C(=O)NC2C3CC4CC2CC(O)(C4)C3)n1. The van der Waals surface area contributed by atoms with Gasteiger partial charge >= 0.3 is 0 Å². The number of nitrogens with one attached hydrogen (secondary N) is 1. The number of nitrogens with zero attached hydrogens (tertiary/aromatic N) is 3. The lowest BCUT2D eigenvalue weighted by atomic mass is 9.52. The van der Waals surface area contributed by atoms with Crippen LogP contribution in [0.5, 0.6) is 0 Å². The van der Waals surface area contributed by atoms with Gasteiger partial charge in [0.1, 0.15) is 11.5 Å². The molecule has 6 rings (SSSR count). The number of pyridine rings is 1. The number of aromatic nitrogens is 1. The average molecular weight is 470 g/mol. The first-order valence-corrected chi connectivity index (χ1v) is 12.5. The van der Waals surface area contributed by atoms with Crippen LogP contribution in [0.25, 0.3) is 0 Å². The summed E-state index contributed by atoms with van der Waals surface area (Å²) >= 11 is 0. The fraction of sp³-hybridized carbons (Fsp3) is 0.680. The standard InChI is InChI=1S/C25H35N5O4/c1-15-14-29(22(32)6-5-20(26)31)7-8-30(15)21-4-2-3-19(27-21)24(33)28-23-17-9-16-10-18(23)13-25(34,11-16)12-17/h2-4,15-18,23,34H,5-14H2,1H3,(H2,26,31)(H,28,33). The third-order valence-corrected chi connectivity index (χ3v) is 8.37. The van der Waals surface area contributed by atoms with Crippen molar-refractivity contribution >= 4 is 23.5 Å². The maximum absolute atomic E-state index is 13.2. The van der Waals surface area contributed by atoms with E-state index in [1.165, 1.54) is 0 Å². The van der Waals surface area contributed by atoms with Gasteiger partial charge in [-0.2, -0.15) is 0 Å². The molecule has 4 aliphatic carbocycles. The van der Waals surface area contributed by atoms with Gasteiger partial charge in [-0.3, -0.25) is 14.4 Å². The molecule has 4 N–H and O–H groups in total. The summed E-state index contributed by atoms with van der Waals surface area (Å²) in [6.45, 7) is 3.70. The van der Waals surface area contributed by atoms with Gasteiger partial charge in [-0.15, -0.1) is 0 Å². The Hall–Kier alpha value is -2.68. The van der Waals surface area contributed by atoms with E-state index >= 15 is 0 Å². The molecule has 34 heavy (non-hydrogen) atoms. The normalized spacial score (nSPS) is 34.2. The van der Waals surface area contributed by atoms with Crippen LogP contribution in [0.3, 0.4) is 0 Å². The van der Waals surface area contributed by atoms with E-state index in [1.807, 2.05) is 19.1 Å². The number of nitrogens with two attached hydrogens (primary N) is 1. The van der Waals surface area contributed by atoms with Crippen molar-refractivity contribution in [2.75, 3.05) is 24.5 Å². The van der Waals surface area contributed by atoms with Gasteiger partial charge in [0, 0.05) is 44.6 Å². The maximum atomic E-state index is 13.2. The summed E-state index contributed by atoms with van der Waals surface area (Å²) in [4.78, 5) is 45.1. The summed E-state index contributed by atoms with van der Waals surface area (Å²) in [5, 5.41) is 14.1. The molecule has 4 saturated carbocycles. The van der Waals surface area contributed by atoms with E-state index in [2.05, 4.69) is 15.2 Å². The van der Waals surface area contributed by atoms with Crippen molar-refractivity contribution in [3.8, 4) is 0 Å². The van der Waals surface area contributed by atoms with E-state index in [9.17, 15) is 19.5 Å². The molecule has 0 aromatic carbocycles. The molecular weight excluding hydrogens is 434 g/mol. The summed E-state index contributed by atoms with van der Waals surface area (Å²) in [5.41, 5.74) is 5.05. The third-order valence-electron chi connectivity index (χ3n) is 8.37. The minimum Gasteiger partial charge on any atom is -0.390 e. The van der Waals surface area contributed by atoms with Crippen molar-refractivity contribution in [2.24, 2.45) is 23.5 Å². The smallest absolute Gasteiger partial charge is 0.270 e. The van der Waals surface area contributed by atoms with Crippen LogP contribution in [-0.2, 0) is 9.59 Å². The first-order valence-electron chi connectivity index (χ1n) is 12.5. The average Bonchev–Trinajstić information content (AvgIpc) is 2.78. The zero-order valence-corrected chi connectivity index (χ0v) is 19.8. The Morgan fingerprint density at radius 1 is 1.15 bits per heavy atom. The van der Waals surface area contributed by atoms with Gasteiger partial charge in [-0.25, -0.2) is 4.98 Å². The number of carbonyl (C=O) groups is 3. The number of hydrogen-bond donors (Lipinski definition) is 3. The Kier molecular flexibility index (Phi) is 6.00. The minimum absolute atomic E-state index is 0.0299. The summed E-state index contributed by atoms with van der Waals surface area (Å²) in [6.07, 6.45) is 4.89. The Morgan fingerprint density at radius 2 is 1.88 bits per heavy atom. The molecule has 184 valence electrons. The number of anilines is 1. The van der Waals surface area contributed by atoms with Crippen LogP contribution in [-0.4, -0.2) is 70.0 Å². The second kappa shape index (κ2) is 8.83. The first kappa shape index (κ1) is 23.1. The number of rotatable bonds is 6. The molecular formula is C25H35N5O4. The molecule has 1 aromatic rings. The highest BCUT2D eigenvalue weighted by Gasteiger charge is 2.55. The first-order chi connectivity index (χ1) is 16.2. The lowest BCUT2D eigenvalue weighted by molar-refractivity contribution is -0.137. The summed E-state index contributed by atoms with van der Waals surface area (Å²) in [7, 11) is 0. The molecule has 1 saturated heterocycles. The number of aliphatic hydroxyl groups is 1. The Bertz CT molecular complexity index is 968. The van der Waals surface area contributed by atoms with Crippen molar-refractivity contribution in [1.82, 2.24) is 15.2 Å². The van der Waals surface area contributed by atoms with Crippen LogP contribution in [0.15, 0.2) is 18.2 Å². The molecule has 1 aromatic heterocycles. The van der Waals surface area contributed by atoms with E-state index < -0.39 is 11.5 Å². The number of primary amides is 1. The van der Waals surface area contributed by atoms with Crippen molar-refractivity contribution in [3.63, 3.8) is 0 Å². The van der Waals surface area contributed by atoms with Gasteiger partial charge in [0.05, 0.1) is 5.60 Å². The fourth-order valence-corrected chi connectivity index (χ4v) is 7.06. The topological polar surface area (TPSA) is 129 Å². The van der Waals surface area contributed by atoms with E-state index in [1.54, 1.807) is 11.0 Å². The summed E-state index contributed by atoms with van der Waals surface area (Å²) in [5.74, 6) is 1.34. The molecule has 5 fully saturated rings. The van der Waals surface area contributed by atoms with Gasteiger partial charge in [0.2, 0.25) is 11.8 Å². The second-order valence-corrected chi connectivity index (χ2v) is 10.9. The highest BCUT2D eigenvalue weighted by molar-refractivity contribution is 5.93. The zero-order valence-electron chi connectivity index (χ0n) is 19.8. The number of piperazine rings is 1. The largest absolute Gasteiger partial charge is 0.390 e. The maximum Gasteiger partial charge on any atom is 0.270 e. The van der Waals surface area contributed by atoms with Gasteiger partial charge in [0.15, 0.2) is 0 Å². The van der Waals surface area contributed by atoms with Crippen molar-refractivity contribution < 1.29 is 19.5 Å². The van der Waals surface area contributed by atoms with Crippen molar-refractivity contribution in [2.45, 2.75) is 69.6 Å². The molecule has 3 amide bonds. The molecule has 9 heteroatoms. The lowest BCUT2D eigenvalue weighted by Gasteiger charge is -2.58. The molecule has 0 radical (unpaired) electrons. The highest BCUT2D eigenvalue weighted by Crippen LogP contribution is 2.55. The van der Waals surface area contributed by atoms with Crippen LogP contribution >= 0.6 is 0 Å². The number of amides is 3. The van der Waals surface area contributed by atoms with Crippen molar-refractivity contribution in [3.05, 3.63) is 23.9 Å². The summed E-state index contributed by atoms with van der Waals surface area (Å²) < 4.78 is 0. The van der Waals surface area contributed by atoms with E-state index in [0.717, 1.165) is 37.9 Å². The minimum atomic E-state index is -0.518. The molecule has 4 bridgehead atoms. The number of hydrogen-bond acceptors (Lipinski definition) is 6. The fourth-order valence-electron chi connectivity index (χ4n) is 7.06. The molecule has 3 unspecified atom stereocenters. The third kappa shape index (κ3) is 4.50. The Balaban J connectivity index is 1.21. The predicted molar refractivity (Wildman–Crippen MR) is 126 cm³/mol. The monoisotopic (exact) mass is 469 g/mol. The van der Waals surface area contributed by atoms with E-state index in [-0.39, 0.29) is 36.7 Å². The quantitative estimate of drug-likeness (QED) is 0.571. The van der Waals surface area contributed by atoms with Crippen LogP contribution in [0.4, 0.5) is 5.82 Å². The molecule has 3 atom stereocenters. The molecule has 0 spiro atoms. The lowest BCUT2D eigenvalue weighted by Crippen LogP contribution is -2.61. The highest BCUT2D eigenvalue weighted by atomic mass is 16.3. The Labute approximate surface area is 200 Å².